The van der Waals surface area contributed by atoms with E-state index in [9.17, 15) is 4.79 Å². The second kappa shape index (κ2) is 9.01. The molecular weight excluding hydrogens is 264 g/mol. The Morgan fingerprint density at radius 3 is 2.57 bits per heavy atom. The lowest BCUT2D eigenvalue weighted by Crippen LogP contribution is -2.06. The van der Waals surface area contributed by atoms with Crippen molar-refractivity contribution in [1.82, 2.24) is 0 Å². The molecule has 0 spiro atoms. The van der Waals surface area contributed by atoms with Gasteiger partial charge in [0.1, 0.15) is 5.76 Å². The highest BCUT2D eigenvalue weighted by Crippen LogP contribution is 2.08. The van der Waals surface area contributed by atoms with Gasteiger partial charge < -0.3 is 9.15 Å². The molecule has 0 saturated carbocycles. The Kier molecular flexibility index (Phi) is 6.59. The first-order chi connectivity index (χ1) is 10.3. The van der Waals surface area contributed by atoms with Gasteiger partial charge in [0.25, 0.3) is 0 Å². The lowest BCUT2D eigenvalue weighted by molar-refractivity contribution is -0.143. The van der Waals surface area contributed by atoms with Crippen molar-refractivity contribution < 1.29 is 13.9 Å². The van der Waals surface area contributed by atoms with Gasteiger partial charge in [-0.1, -0.05) is 30.3 Å². The molecule has 0 atom stereocenters. The number of hydrogen-bond donors (Lipinski definition) is 0. The molecule has 0 aliphatic rings. The largest absolute Gasteiger partial charge is 0.469 e. The molecule has 3 nitrogen and oxygen atoms in total. The average molecular weight is 286 g/mol. The minimum absolute atomic E-state index is 0.0949. The summed E-state index contributed by atoms with van der Waals surface area (Å²) in [6.45, 7) is 0.506. The van der Waals surface area contributed by atoms with Crippen LogP contribution in [0.1, 0.15) is 37.0 Å². The van der Waals surface area contributed by atoms with E-state index in [2.05, 4.69) is 12.1 Å². The van der Waals surface area contributed by atoms with Gasteiger partial charge in [-0.2, -0.15) is 0 Å². The van der Waals surface area contributed by atoms with Crippen LogP contribution in [0.15, 0.2) is 53.1 Å². The molecule has 0 fully saturated rings. The molecule has 112 valence electrons. The molecule has 1 heterocycles. The quantitative estimate of drug-likeness (QED) is 0.513. The number of carbonyl (C=O) groups excluding carboxylic acids is 1. The molecule has 0 saturated heterocycles. The van der Waals surface area contributed by atoms with Crippen LogP contribution in [0.5, 0.6) is 0 Å². The summed E-state index contributed by atoms with van der Waals surface area (Å²) in [7, 11) is 0. The van der Waals surface area contributed by atoms with Crippen LogP contribution >= 0.6 is 0 Å². The Balaban J connectivity index is 1.48. The number of ether oxygens (including phenoxy) is 1. The Bertz CT molecular complexity index is 503. The third-order valence-corrected chi connectivity index (χ3v) is 3.35. The summed E-state index contributed by atoms with van der Waals surface area (Å²) < 4.78 is 10.5. The summed E-state index contributed by atoms with van der Waals surface area (Å²) in [6.07, 6.45) is 6.68. The highest BCUT2D eigenvalue weighted by molar-refractivity contribution is 5.69. The first-order valence-corrected chi connectivity index (χ1v) is 7.56. The first kappa shape index (κ1) is 15.4. The van der Waals surface area contributed by atoms with Crippen molar-refractivity contribution in [3.8, 4) is 0 Å². The van der Waals surface area contributed by atoms with Crippen LogP contribution in [0.4, 0.5) is 0 Å². The monoisotopic (exact) mass is 286 g/mol. The summed E-state index contributed by atoms with van der Waals surface area (Å²) in [5.41, 5.74) is 1.28. The van der Waals surface area contributed by atoms with E-state index in [1.54, 1.807) is 6.26 Å². The third kappa shape index (κ3) is 6.30. The predicted molar refractivity (Wildman–Crippen MR) is 82.0 cm³/mol. The van der Waals surface area contributed by atoms with E-state index in [0.29, 0.717) is 13.0 Å². The van der Waals surface area contributed by atoms with E-state index in [-0.39, 0.29) is 5.97 Å². The number of benzene rings is 1. The number of unbranched alkanes of at least 4 members (excludes halogenated alkanes) is 1. The summed E-state index contributed by atoms with van der Waals surface area (Å²) in [6, 6.07) is 14.1. The topological polar surface area (TPSA) is 39.4 Å². The zero-order valence-corrected chi connectivity index (χ0v) is 12.3. The van der Waals surface area contributed by atoms with Gasteiger partial charge in [0.2, 0.25) is 0 Å². The number of furan rings is 1. The van der Waals surface area contributed by atoms with Gasteiger partial charge in [-0.05, 0) is 43.4 Å². The first-order valence-electron chi connectivity index (χ1n) is 7.56. The second-order valence-electron chi connectivity index (χ2n) is 5.10. The summed E-state index contributed by atoms with van der Waals surface area (Å²) in [5.74, 6) is 0.883. The van der Waals surface area contributed by atoms with E-state index in [1.807, 2.05) is 30.3 Å². The lowest BCUT2D eigenvalue weighted by atomic mass is 10.1. The minimum atomic E-state index is -0.0949. The molecule has 0 aliphatic heterocycles. The maximum atomic E-state index is 11.6. The van der Waals surface area contributed by atoms with Crippen LogP contribution in [-0.2, 0) is 22.4 Å². The minimum Gasteiger partial charge on any atom is -0.469 e. The third-order valence-electron chi connectivity index (χ3n) is 3.35. The zero-order chi connectivity index (χ0) is 14.8. The van der Waals surface area contributed by atoms with Gasteiger partial charge in [-0.15, -0.1) is 0 Å². The SMILES string of the molecule is O=C(CCCCc1ccco1)OCCCc1ccccc1. The molecule has 1 aromatic heterocycles. The van der Waals surface area contributed by atoms with Crippen LogP contribution in [0.25, 0.3) is 0 Å². The molecule has 0 bridgehead atoms. The van der Waals surface area contributed by atoms with Gasteiger partial charge >= 0.3 is 5.97 Å². The van der Waals surface area contributed by atoms with Crippen molar-refractivity contribution in [2.24, 2.45) is 0 Å². The van der Waals surface area contributed by atoms with Gasteiger partial charge in [-0.25, -0.2) is 0 Å². The maximum Gasteiger partial charge on any atom is 0.305 e. The molecule has 0 unspecified atom stereocenters. The van der Waals surface area contributed by atoms with Crippen LogP contribution in [-0.4, -0.2) is 12.6 Å². The van der Waals surface area contributed by atoms with Crippen LogP contribution in [0, 0.1) is 0 Å². The molecule has 0 N–H and O–H groups in total. The van der Waals surface area contributed by atoms with Gasteiger partial charge in [0.15, 0.2) is 0 Å². The van der Waals surface area contributed by atoms with Crippen molar-refractivity contribution in [3.05, 3.63) is 60.1 Å². The Morgan fingerprint density at radius 1 is 0.952 bits per heavy atom. The van der Waals surface area contributed by atoms with Crippen molar-refractivity contribution in [2.45, 2.75) is 38.5 Å². The predicted octanol–water partition coefficient (Wildman–Crippen LogP) is 4.17. The number of rotatable bonds is 9. The fourth-order valence-corrected chi connectivity index (χ4v) is 2.20. The van der Waals surface area contributed by atoms with Crippen molar-refractivity contribution in [3.63, 3.8) is 0 Å². The number of aryl methyl sites for hydroxylation is 2. The van der Waals surface area contributed by atoms with Crippen LogP contribution in [0.2, 0.25) is 0 Å². The Labute approximate surface area is 125 Å². The normalized spacial score (nSPS) is 10.5. The number of hydrogen-bond acceptors (Lipinski definition) is 3. The van der Waals surface area contributed by atoms with Crippen molar-refractivity contribution in [2.75, 3.05) is 6.61 Å². The number of carbonyl (C=O) groups is 1. The molecule has 0 aliphatic carbocycles. The highest BCUT2D eigenvalue weighted by atomic mass is 16.5. The Morgan fingerprint density at radius 2 is 1.81 bits per heavy atom. The molecular formula is C18H22O3. The molecule has 0 amide bonds. The fraction of sp³-hybridized carbons (Fsp3) is 0.389. The summed E-state index contributed by atoms with van der Waals surface area (Å²) in [4.78, 5) is 11.6. The van der Waals surface area contributed by atoms with E-state index < -0.39 is 0 Å². The molecule has 3 heteroatoms. The standard InChI is InChI=1S/C18H22O3/c19-18(13-5-4-11-17-12-7-14-20-17)21-15-6-10-16-8-2-1-3-9-16/h1-3,7-9,12,14H,4-6,10-11,13,15H2. The second-order valence-corrected chi connectivity index (χ2v) is 5.10. The van der Waals surface area contributed by atoms with Crippen LogP contribution in [0.3, 0.4) is 0 Å². The van der Waals surface area contributed by atoms with Gasteiger partial charge in [0, 0.05) is 12.8 Å². The number of esters is 1. The Hall–Kier alpha value is -2.03. The highest BCUT2D eigenvalue weighted by Gasteiger charge is 2.03. The van der Waals surface area contributed by atoms with E-state index in [1.165, 1.54) is 5.56 Å². The fourth-order valence-electron chi connectivity index (χ4n) is 2.20. The van der Waals surface area contributed by atoms with E-state index in [4.69, 9.17) is 9.15 Å². The molecule has 1 aromatic carbocycles. The average Bonchev–Trinajstić information content (AvgIpc) is 3.02. The van der Waals surface area contributed by atoms with Crippen molar-refractivity contribution >= 4 is 5.97 Å². The van der Waals surface area contributed by atoms with E-state index >= 15 is 0 Å². The summed E-state index contributed by atoms with van der Waals surface area (Å²) >= 11 is 0. The van der Waals surface area contributed by atoms with Crippen LogP contribution < -0.4 is 0 Å². The molecule has 2 aromatic rings. The smallest absolute Gasteiger partial charge is 0.305 e. The lowest BCUT2D eigenvalue weighted by Gasteiger charge is -2.05. The maximum absolute atomic E-state index is 11.6. The molecule has 0 radical (unpaired) electrons. The molecule has 21 heavy (non-hydrogen) atoms. The summed E-state index contributed by atoms with van der Waals surface area (Å²) in [5, 5.41) is 0. The molecule has 2 rings (SSSR count). The van der Waals surface area contributed by atoms with Gasteiger partial charge in [0.05, 0.1) is 12.9 Å². The van der Waals surface area contributed by atoms with Gasteiger partial charge in [-0.3, -0.25) is 4.79 Å². The van der Waals surface area contributed by atoms with E-state index in [0.717, 1.165) is 37.9 Å². The zero-order valence-electron chi connectivity index (χ0n) is 12.3. The van der Waals surface area contributed by atoms with Crippen molar-refractivity contribution in [1.29, 1.82) is 0 Å².